The van der Waals surface area contributed by atoms with Crippen LogP contribution >= 0.6 is 0 Å². The van der Waals surface area contributed by atoms with Crippen LogP contribution in [0.15, 0.2) is 0 Å². The normalized spacial score (nSPS) is 16.8. The molecule has 0 fully saturated rings. The van der Waals surface area contributed by atoms with E-state index in [1.165, 1.54) is 0 Å². The molecule has 126 valence electrons. The summed E-state index contributed by atoms with van der Waals surface area (Å²) in [4.78, 5) is 0. The molecule has 1 atom stereocenters. The second-order valence-electron chi connectivity index (χ2n) is 6.77. The third-order valence-electron chi connectivity index (χ3n) is 4.71. The summed E-state index contributed by atoms with van der Waals surface area (Å²) in [5.41, 5.74) is 2.28. The van der Waals surface area contributed by atoms with Crippen molar-refractivity contribution in [1.29, 1.82) is 5.26 Å². The number of aromatic nitrogens is 5. The van der Waals surface area contributed by atoms with E-state index >= 15 is 0 Å². The van der Waals surface area contributed by atoms with Gasteiger partial charge in [-0.25, -0.2) is 0 Å². The second kappa shape index (κ2) is 6.56. The summed E-state index contributed by atoms with van der Waals surface area (Å²) in [5, 5.41) is 29.6. The fraction of sp³-hybridized carbons (Fsp3) is 0.588. The molecule has 0 bridgehead atoms. The molecule has 1 N–H and O–H groups in total. The van der Waals surface area contributed by atoms with Crippen molar-refractivity contribution < 1.29 is 0 Å². The van der Waals surface area contributed by atoms with Crippen molar-refractivity contribution in [3.05, 3.63) is 28.5 Å². The summed E-state index contributed by atoms with van der Waals surface area (Å²) in [6, 6.07) is 2.24. The lowest BCUT2D eigenvalue weighted by Crippen LogP contribution is -2.28. The van der Waals surface area contributed by atoms with Crippen LogP contribution in [0.1, 0.15) is 54.7 Å². The standard InChI is InChI=1S/C17H23N7/c1-10(2)17-23-21-15-6-5-13(9-24(15)17)8-19-16-14(7-18)11(3)12(4)20-22-16/h10,13H,5-6,8-9H2,1-4H3,(H,19,22)/t13-/m0/s1. The van der Waals surface area contributed by atoms with E-state index in [2.05, 4.69) is 50.2 Å². The molecule has 2 aromatic rings. The molecule has 0 aliphatic carbocycles. The molecule has 7 nitrogen and oxygen atoms in total. The Kier molecular flexibility index (Phi) is 4.47. The van der Waals surface area contributed by atoms with Gasteiger partial charge in [-0.05, 0) is 31.7 Å². The van der Waals surface area contributed by atoms with E-state index in [0.29, 0.717) is 23.2 Å². The highest BCUT2D eigenvalue weighted by molar-refractivity contribution is 5.55. The van der Waals surface area contributed by atoms with Gasteiger partial charge in [-0.15, -0.1) is 15.3 Å². The zero-order chi connectivity index (χ0) is 17.3. The summed E-state index contributed by atoms with van der Waals surface area (Å²) < 4.78 is 2.25. The van der Waals surface area contributed by atoms with Gasteiger partial charge in [-0.1, -0.05) is 13.8 Å². The Morgan fingerprint density at radius 3 is 2.75 bits per heavy atom. The number of fused-ring (bicyclic) bond motifs is 1. The van der Waals surface area contributed by atoms with Crippen molar-refractivity contribution in [2.75, 3.05) is 11.9 Å². The third-order valence-corrected chi connectivity index (χ3v) is 4.71. The third kappa shape index (κ3) is 2.96. The van der Waals surface area contributed by atoms with Crippen molar-refractivity contribution in [1.82, 2.24) is 25.0 Å². The quantitative estimate of drug-likeness (QED) is 0.927. The predicted octanol–water partition coefficient (Wildman–Crippen LogP) is 2.35. The van der Waals surface area contributed by atoms with Gasteiger partial charge in [0.1, 0.15) is 23.3 Å². The second-order valence-corrected chi connectivity index (χ2v) is 6.77. The van der Waals surface area contributed by atoms with Gasteiger partial charge in [0.05, 0.1) is 5.69 Å². The van der Waals surface area contributed by atoms with Gasteiger partial charge >= 0.3 is 0 Å². The van der Waals surface area contributed by atoms with Crippen LogP contribution in [0.25, 0.3) is 0 Å². The number of hydrogen-bond acceptors (Lipinski definition) is 6. The van der Waals surface area contributed by atoms with Crippen molar-refractivity contribution in [2.45, 2.75) is 53.0 Å². The Morgan fingerprint density at radius 2 is 2.04 bits per heavy atom. The molecule has 0 saturated heterocycles. The molecule has 0 aromatic carbocycles. The smallest absolute Gasteiger partial charge is 0.166 e. The lowest BCUT2D eigenvalue weighted by atomic mass is 9.98. The maximum Gasteiger partial charge on any atom is 0.166 e. The van der Waals surface area contributed by atoms with Crippen LogP contribution in [0, 0.1) is 31.1 Å². The highest BCUT2D eigenvalue weighted by atomic mass is 15.3. The maximum atomic E-state index is 9.38. The fourth-order valence-corrected chi connectivity index (χ4v) is 3.12. The molecule has 7 heteroatoms. The Hall–Kier alpha value is -2.49. The highest BCUT2D eigenvalue weighted by Crippen LogP contribution is 2.24. The monoisotopic (exact) mass is 325 g/mol. The molecule has 3 rings (SSSR count). The molecule has 0 unspecified atom stereocenters. The number of nitrogens with zero attached hydrogens (tertiary/aromatic N) is 6. The molecule has 2 aromatic heterocycles. The zero-order valence-electron chi connectivity index (χ0n) is 14.7. The average molecular weight is 325 g/mol. The van der Waals surface area contributed by atoms with E-state index in [-0.39, 0.29) is 0 Å². The summed E-state index contributed by atoms with van der Waals surface area (Å²) in [7, 11) is 0. The predicted molar refractivity (Wildman–Crippen MR) is 90.6 cm³/mol. The Morgan fingerprint density at radius 1 is 1.25 bits per heavy atom. The topological polar surface area (TPSA) is 92.3 Å². The van der Waals surface area contributed by atoms with Crippen LogP contribution in [0.3, 0.4) is 0 Å². The summed E-state index contributed by atoms with van der Waals surface area (Å²) in [6.07, 6.45) is 2.00. The molecule has 3 heterocycles. The number of nitrogens with one attached hydrogen (secondary N) is 1. The van der Waals surface area contributed by atoms with E-state index in [1.807, 2.05) is 13.8 Å². The molecule has 0 amide bonds. The first-order valence-corrected chi connectivity index (χ1v) is 8.41. The molecule has 0 radical (unpaired) electrons. The lowest BCUT2D eigenvalue weighted by molar-refractivity contribution is 0.371. The number of hydrogen-bond donors (Lipinski definition) is 1. The van der Waals surface area contributed by atoms with Crippen molar-refractivity contribution in [2.24, 2.45) is 5.92 Å². The van der Waals surface area contributed by atoms with E-state index < -0.39 is 0 Å². The first kappa shape index (κ1) is 16.4. The molecule has 1 aliphatic heterocycles. The van der Waals surface area contributed by atoms with Gasteiger partial charge in [0.15, 0.2) is 5.82 Å². The van der Waals surface area contributed by atoms with Gasteiger partial charge in [0, 0.05) is 25.4 Å². The maximum absolute atomic E-state index is 9.38. The molecule has 0 saturated carbocycles. The van der Waals surface area contributed by atoms with Crippen LogP contribution in [0.4, 0.5) is 5.82 Å². The fourth-order valence-electron chi connectivity index (χ4n) is 3.12. The number of rotatable bonds is 4. The number of nitriles is 1. The van der Waals surface area contributed by atoms with E-state index in [4.69, 9.17) is 0 Å². The van der Waals surface area contributed by atoms with Crippen LogP contribution in [0.5, 0.6) is 0 Å². The number of anilines is 1. The SMILES string of the molecule is Cc1nnc(NC[C@@H]2CCc3nnc(C(C)C)n3C2)c(C#N)c1C. The average Bonchev–Trinajstić information content (AvgIpc) is 2.99. The summed E-state index contributed by atoms with van der Waals surface area (Å²) >= 11 is 0. The van der Waals surface area contributed by atoms with Crippen molar-refractivity contribution in [3.63, 3.8) is 0 Å². The molecule has 1 aliphatic rings. The highest BCUT2D eigenvalue weighted by Gasteiger charge is 2.24. The largest absolute Gasteiger partial charge is 0.367 e. The Balaban J connectivity index is 1.72. The minimum absolute atomic E-state index is 0.369. The van der Waals surface area contributed by atoms with Crippen LogP contribution in [-0.4, -0.2) is 31.5 Å². The molecule has 24 heavy (non-hydrogen) atoms. The van der Waals surface area contributed by atoms with E-state index in [9.17, 15) is 5.26 Å². The van der Waals surface area contributed by atoms with Gasteiger partial charge in [0.25, 0.3) is 0 Å². The number of aryl methyl sites for hydroxylation is 2. The molecular formula is C17H23N7. The minimum atomic E-state index is 0.369. The molecular weight excluding hydrogens is 302 g/mol. The summed E-state index contributed by atoms with van der Waals surface area (Å²) in [5.74, 6) is 3.55. The van der Waals surface area contributed by atoms with Crippen molar-refractivity contribution in [3.8, 4) is 6.07 Å². The first-order valence-electron chi connectivity index (χ1n) is 8.41. The van der Waals surface area contributed by atoms with Gasteiger partial charge in [0.2, 0.25) is 0 Å². The van der Waals surface area contributed by atoms with Crippen LogP contribution < -0.4 is 5.32 Å². The van der Waals surface area contributed by atoms with Gasteiger partial charge in [-0.2, -0.15) is 10.4 Å². The zero-order valence-corrected chi connectivity index (χ0v) is 14.7. The molecule has 0 spiro atoms. The van der Waals surface area contributed by atoms with Gasteiger partial charge < -0.3 is 9.88 Å². The van der Waals surface area contributed by atoms with Gasteiger partial charge in [-0.3, -0.25) is 0 Å². The van der Waals surface area contributed by atoms with Crippen molar-refractivity contribution >= 4 is 5.82 Å². The minimum Gasteiger partial charge on any atom is -0.367 e. The lowest BCUT2D eigenvalue weighted by Gasteiger charge is -2.25. The Labute approximate surface area is 142 Å². The summed E-state index contributed by atoms with van der Waals surface area (Å²) in [6.45, 7) is 9.73. The van der Waals surface area contributed by atoms with Crippen LogP contribution in [0.2, 0.25) is 0 Å². The van der Waals surface area contributed by atoms with E-state index in [0.717, 1.165) is 48.8 Å². The Bertz CT molecular complexity index is 785. The first-order chi connectivity index (χ1) is 11.5. The van der Waals surface area contributed by atoms with E-state index in [1.54, 1.807) is 0 Å². The van der Waals surface area contributed by atoms with Crippen LogP contribution in [-0.2, 0) is 13.0 Å².